The molecule has 3 heterocycles. The lowest BCUT2D eigenvalue weighted by molar-refractivity contribution is 0.180. The maximum absolute atomic E-state index is 13.4. The molecule has 1 N–H and O–H groups in total. The molecule has 1 atom stereocenters. The van der Waals surface area contributed by atoms with Crippen molar-refractivity contribution in [1.82, 2.24) is 14.8 Å². The van der Waals surface area contributed by atoms with Gasteiger partial charge in [0.1, 0.15) is 5.00 Å². The number of thiophene rings is 1. The van der Waals surface area contributed by atoms with Crippen molar-refractivity contribution >= 4 is 29.0 Å². The maximum atomic E-state index is 13.4. The first-order valence-electron chi connectivity index (χ1n) is 10.8. The number of nitrogens with zero attached hydrogens (tertiary/aromatic N) is 2. The van der Waals surface area contributed by atoms with Gasteiger partial charge in [0.25, 0.3) is 0 Å². The molecule has 5 rings (SSSR count). The van der Waals surface area contributed by atoms with E-state index in [0.29, 0.717) is 18.1 Å². The van der Waals surface area contributed by atoms with Crippen LogP contribution in [0.25, 0.3) is 5.00 Å². The summed E-state index contributed by atoms with van der Waals surface area (Å²) in [6.07, 6.45) is 7.84. The third-order valence-electron chi connectivity index (χ3n) is 6.15. The molecule has 1 aliphatic carbocycles. The van der Waals surface area contributed by atoms with Gasteiger partial charge in [-0.05, 0) is 67.5 Å². The molecule has 6 heteroatoms. The predicted octanol–water partition coefficient (Wildman–Crippen LogP) is 6.10. The molecule has 1 aliphatic heterocycles. The van der Waals surface area contributed by atoms with Gasteiger partial charge in [-0.15, -0.1) is 11.3 Å². The normalized spacial score (nSPS) is 17.7. The van der Waals surface area contributed by atoms with Crippen molar-refractivity contribution in [2.24, 2.45) is 0 Å². The van der Waals surface area contributed by atoms with Crippen LogP contribution in [0.2, 0.25) is 5.02 Å². The van der Waals surface area contributed by atoms with Gasteiger partial charge < -0.3 is 14.8 Å². The summed E-state index contributed by atoms with van der Waals surface area (Å²) in [7, 11) is 0. The number of nitrogens with one attached hydrogen (secondary N) is 1. The number of aromatic nitrogens is 1. The summed E-state index contributed by atoms with van der Waals surface area (Å²) in [4.78, 5) is 16.9. The Morgan fingerprint density at radius 3 is 2.77 bits per heavy atom. The van der Waals surface area contributed by atoms with Crippen molar-refractivity contribution < 1.29 is 4.79 Å². The number of rotatable bonds is 3. The Labute approximate surface area is 186 Å². The zero-order valence-electron chi connectivity index (χ0n) is 17.2. The van der Waals surface area contributed by atoms with Crippen LogP contribution in [-0.4, -0.2) is 22.0 Å². The van der Waals surface area contributed by atoms with Gasteiger partial charge in [0.05, 0.1) is 18.3 Å². The molecule has 2 amide bonds. The highest BCUT2D eigenvalue weighted by molar-refractivity contribution is 7.15. The summed E-state index contributed by atoms with van der Waals surface area (Å²) in [6, 6.07) is 12.0. The minimum atomic E-state index is -0.159. The fourth-order valence-electron chi connectivity index (χ4n) is 4.72. The van der Waals surface area contributed by atoms with Crippen molar-refractivity contribution in [3.05, 3.63) is 74.9 Å². The van der Waals surface area contributed by atoms with Crippen LogP contribution in [0.1, 0.15) is 59.5 Å². The van der Waals surface area contributed by atoms with E-state index in [-0.39, 0.29) is 12.1 Å². The van der Waals surface area contributed by atoms with E-state index in [1.54, 1.807) is 0 Å². The summed E-state index contributed by atoms with van der Waals surface area (Å²) in [5.74, 6) is 0. The molecule has 0 spiro atoms. The van der Waals surface area contributed by atoms with E-state index in [2.05, 4.69) is 35.1 Å². The van der Waals surface area contributed by atoms with E-state index in [9.17, 15) is 4.79 Å². The van der Waals surface area contributed by atoms with E-state index < -0.39 is 0 Å². The Morgan fingerprint density at radius 1 is 1.17 bits per heavy atom. The number of benzene rings is 1. The molecule has 4 nitrogen and oxygen atoms in total. The monoisotopic (exact) mass is 439 g/mol. The Morgan fingerprint density at radius 2 is 1.97 bits per heavy atom. The molecular weight excluding hydrogens is 414 g/mol. The van der Waals surface area contributed by atoms with E-state index in [1.807, 2.05) is 40.5 Å². The Balaban J connectivity index is 1.67. The second-order valence-corrected chi connectivity index (χ2v) is 9.63. The van der Waals surface area contributed by atoms with Crippen molar-refractivity contribution in [3.63, 3.8) is 0 Å². The fraction of sp³-hybridized carbons (Fsp3) is 0.375. The lowest BCUT2D eigenvalue weighted by Crippen LogP contribution is -2.42. The van der Waals surface area contributed by atoms with Gasteiger partial charge in [-0.25, -0.2) is 4.79 Å². The van der Waals surface area contributed by atoms with Gasteiger partial charge in [-0.1, -0.05) is 30.7 Å². The Bertz CT molecular complexity index is 1070. The molecule has 0 saturated carbocycles. The average Bonchev–Trinajstić information content (AvgIpc) is 3.35. The number of hydrogen-bond acceptors (Lipinski definition) is 2. The highest BCUT2D eigenvalue weighted by Gasteiger charge is 2.35. The third kappa shape index (κ3) is 3.34. The molecule has 1 aromatic carbocycles. The predicted molar refractivity (Wildman–Crippen MR) is 123 cm³/mol. The summed E-state index contributed by atoms with van der Waals surface area (Å²) in [6.45, 7) is 3.39. The van der Waals surface area contributed by atoms with Crippen LogP contribution in [0.4, 0.5) is 4.79 Å². The number of halogens is 1. The van der Waals surface area contributed by atoms with Crippen LogP contribution in [0.3, 0.4) is 0 Å². The van der Waals surface area contributed by atoms with Gasteiger partial charge in [-0.3, -0.25) is 0 Å². The minimum Gasteiger partial charge on any atom is -0.338 e. The Hall–Kier alpha value is -2.24. The minimum absolute atomic E-state index is 0.00633. The van der Waals surface area contributed by atoms with E-state index in [0.717, 1.165) is 30.5 Å². The van der Waals surface area contributed by atoms with Crippen LogP contribution >= 0.6 is 22.9 Å². The van der Waals surface area contributed by atoms with Crippen LogP contribution in [0.5, 0.6) is 0 Å². The second-order valence-electron chi connectivity index (χ2n) is 8.11. The summed E-state index contributed by atoms with van der Waals surface area (Å²) < 4.78 is 2.31. The van der Waals surface area contributed by atoms with Crippen molar-refractivity contribution in [2.45, 2.75) is 51.6 Å². The molecule has 2 aliphatic rings. The van der Waals surface area contributed by atoms with Gasteiger partial charge in [0.2, 0.25) is 0 Å². The molecule has 0 bridgehead atoms. The summed E-state index contributed by atoms with van der Waals surface area (Å²) in [5.41, 5.74) is 5.01. The molecule has 0 saturated heterocycles. The van der Waals surface area contributed by atoms with Crippen LogP contribution in [-0.2, 0) is 19.4 Å². The molecule has 30 heavy (non-hydrogen) atoms. The summed E-state index contributed by atoms with van der Waals surface area (Å²) >= 11 is 8.08. The fourth-order valence-corrected chi connectivity index (χ4v) is 6.25. The van der Waals surface area contributed by atoms with Crippen LogP contribution in [0, 0.1) is 0 Å². The van der Waals surface area contributed by atoms with E-state index in [1.165, 1.54) is 33.8 Å². The van der Waals surface area contributed by atoms with Crippen molar-refractivity contribution in [2.75, 3.05) is 6.54 Å². The number of amides is 2. The second kappa shape index (κ2) is 8.12. The molecule has 2 aromatic heterocycles. The maximum Gasteiger partial charge on any atom is 0.318 e. The highest BCUT2D eigenvalue weighted by atomic mass is 35.5. The highest BCUT2D eigenvalue weighted by Crippen LogP contribution is 2.44. The first-order chi connectivity index (χ1) is 14.7. The lowest BCUT2D eigenvalue weighted by Gasteiger charge is -2.31. The first-order valence-corrected chi connectivity index (χ1v) is 12.0. The smallest absolute Gasteiger partial charge is 0.318 e. The number of urea groups is 1. The summed E-state index contributed by atoms with van der Waals surface area (Å²) in [5, 5.41) is 5.11. The largest absolute Gasteiger partial charge is 0.338 e. The third-order valence-corrected chi connectivity index (χ3v) is 7.74. The molecule has 0 unspecified atom stereocenters. The number of hydrogen-bond donors (Lipinski definition) is 1. The topological polar surface area (TPSA) is 37.3 Å². The SMILES string of the molecule is CCCNC(=O)N1Cc2c(sc3c2CCCC3)-n2cccc2[C@@H]1c1ccc(Cl)cc1. The Kier molecular flexibility index (Phi) is 5.34. The zero-order valence-corrected chi connectivity index (χ0v) is 18.7. The van der Waals surface area contributed by atoms with E-state index in [4.69, 9.17) is 11.6 Å². The standard InChI is InChI=1S/C24H26ClN3OS/c1-2-13-26-24(29)28-15-19-18-6-3-4-8-21(18)30-23(19)27-14-5-7-20(27)22(28)16-9-11-17(25)12-10-16/h5,7,9-12,14,22H,2-4,6,8,13,15H2,1H3,(H,26,29)/t22-/m0/s1. The van der Waals surface area contributed by atoms with Gasteiger partial charge in [0, 0.05) is 28.2 Å². The quantitative estimate of drug-likeness (QED) is 0.526. The number of carbonyl (C=O) groups excluding carboxylic acids is 1. The number of carbonyl (C=O) groups is 1. The van der Waals surface area contributed by atoms with Gasteiger partial charge in [-0.2, -0.15) is 0 Å². The molecule has 156 valence electrons. The van der Waals surface area contributed by atoms with E-state index >= 15 is 0 Å². The van der Waals surface area contributed by atoms with Crippen LogP contribution in [0.15, 0.2) is 42.6 Å². The average molecular weight is 440 g/mol. The first kappa shape index (κ1) is 19.7. The number of aryl methyl sites for hydroxylation is 1. The van der Waals surface area contributed by atoms with Crippen molar-refractivity contribution in [3.8, 4) is 5.00 Å². The van der Waals surface area contributed by atoms with Gasteiger partial charge in [0.15, 0.2) is 0 Å². The van der Waals surface area contributed by atoms with Crippen LogP contribution < -0.4 is 5.32 Å². The van der Waals surface area contributed by atoms with Gasteiger partial charge >= 0.3 is 6.03 Å². The lowest BCUT2D eigenvalue weighted by atomic mass is 9.95. The van der Waals surface area contributed by atoms with Crippen molar-refractivity contribution in [1.29, 1.82) is 0 Å². The zero-order chi connectivity index (χ0) is 20.7. The molecular formula is C24H26ClN3OS. The molecule has 0 fully saturated rings. The molecule has 3 aromatic rings. The number of fused-ring (bicyclic) bond motifs is 5. The molecule has 0 radical (unpaired) electrons.